The van der Waals surface area contributed by atoms with Crippen molar-refractivity contribution in [3.05, 3.63) is 41.4 Å². The summed E-state index contributed by atoms with van der Waals surface area (Å²) in [6, 6.07) is 2.35. The summed E-state index contributed by atoms with van der Waals surface area (Å²) in [7, 11) is 0. The fraction of sp³-hybridized carbons (Fsp3) is 0.613. The van der Waals surface area contributed by atoms with Crippen molar-refractivity contribution in [2.45, 2.75) is 104 Å². The van der Waals surface area contributed by atoms with Gasteiger partial charge >= 0.3 is 0 Å². The van der Waals surface area contributed by atoms with E-state index in [4.69, 9.17) is 0 Å². The van der Waals surface area contributed by atoms with Gasteiger partial charge in [0, 0.05) is 22.9 Å². The lowest BCUT2D eigenvalue weighted by Gasteiger charge is -2.41. The average molecular weight is 579 g/mol. The van der Waals surface area contributed by atoms with Crippen molar-refractivity contribution in [1.82, 2.24) is 35.5 Å². The van der Waals surface area contributed by atoms with Crippen LogP contribution in [0.5, 0.6) is 0 Å². The number of aryl methyl sites for hydroxylation is 2. The van der Waals surface area contributed by atoms with Gasteiger partial charge in [0.05, 0.1) is 11.9 Å². The molecule has 1 unspecified atom stereocenters. The molecule has 10 nitrogen and oxygen atoms in total. The van der Waals surface area contributed by atoms with Gasteiger partial charge in [0.2, 0.25) is 11.9 Å². The molecule has 0 radical (unpaired) electrons. The molecular formula is C31H43FN8O2. The highest BCUT2D eigenvalue weighted by Gasteiger charge is 2.41. The monoisotopic (exact) mass is 578 g/mol. The maximum Gasteiger partial charge on any atom is 0.271 e. The summed E-state index contributed by atoms with van der Waals surface area (Å²) in [4.78, 5) is 31.9. The van der Waals surface area contributed by atoms with Crippen LogP contribution >= 0.6 is 0 Å². The van der Waals surface area contributed by atoms with E-state index in [2.05, 4.69) is 36.1 Å². The SMILES string of the molecule is Cc1n[nH]c(C)c1-c1ccc(NC(=O)C(NC(=O)c2cnnn2C(C)C)C(C2CCCCC2)C2CCCCC2)nc1F. The quantitative estimate of drug-likeness (QED) is 0.271. The third-order valence-electron chi connectivity index (χ3n) is 9.14. The summed E-state index contributed by atoms with van der Waals surface area (Å²) in [5.74, 6) is -0.717. The molecule has 5 rings (SSSR count). The van der Waals surface area contributed by atoms with Gasteiger partial charge in [0.25, 0.3) is 5.91 Å². The fourth-order valence-electron chi connectivity index (χ4n) is 7.15. The molecule has 2 aliphatic rings. The highest BCUT2D eigenvalue weighted by molar-refractivity contribution is 6.00. The predicted octanol–water partition coefficient (Wildman–Crippen LogP) is 5.91. The van der Waals surface area contributed by atoms with E-state index in [1.54, 1.807) is 23.7 Å². The number of hydrogen-bond donors (Lipinski definition) is 3. The maximum absolute atomic E-state index is 15.3. The molecule has 3 heterocycles. The molecule has 3 aromatic rings. The summed E-state index contributed by atoms with van der Waals surface area (Å²) in [5, 5.41) is 21.0. The summed E-state index contributed by atoms with van der Waals surface area (Å²) >= 11 is 0. The third kappa shape index (κ3) is 6.39. The van der Waals surface area contributed by atoms with Gasteiger partial charge in [-0.3, -0.25) is 14.7 Å². The Bertz CT molecular complexity index is 1350. The maximum atomic E-state index is 15.3. The number of halogens is 1. The Kier molecular flexibility index (Phi) is 9.33. The topological polar surface area (TPSA) is 130 Å². The van der Waals surface area contributed by atoms with Crippen LogP contribution in [-0.2, 0) is 4.79 Å². The molecule has 0 aliphatic heterocycles. The van der Waals surface area contributed by atoms with Crippen molar-refractivity contribution in [3.63, 3.8) is 0 Å². The standard InChI is InChI=1S/C31H43FN8O2/c1-18(2)40-24(17-33-39-40)30(41)36-28(27(21-11-7-5-8-12-21)22-13-9-6-10-14-22)31(42)35-25-16-15-23(29(32)34-25)26-19(3)37-38-20(26)4/h15-18,21-22,27-28H,5-14H2,1-4H3,(H,36,41)(H,37,38)(H,34,35,42). The lowest BCUT2D eigenvalue weighted by Crippen LogP contribution is -2.53. The molecule has 2 aliphatic carbocycles. The van der Waals surface area contributed by atoms with Gasteiger partial charge < -0.3 is 10.6 Å². The van der Waals surface area contributed by atoms with Crippen LogP contribution in [0.15, 0.2) is 18.3 Å². The molecule has 3 N–H and O–H groups in total. The molecule has 42 heavy (non-hydrogen) atoms. The summed E-state index contributed by atoms with van der Waals surface area (Å²) in [6.07, 6.45) is 12.5. The van der Waals surface area contributed by atoms with Crippen LogP contribution in [0.25, 0.3) is 11.1 Å². The summed E-state index contributed by atoms with van der Waals surface area (Å²) in [6.45, 7) is 7.49. The first-order chi connectivity index (χ1) is 20.2. The van der Waals surface area contributed by atoms with E-state index in [0.29, 0.717) is 34.4 Å². The minimum atomic E-state index is -0.804. The smallest absolute Gasteiger partial charge is 0.271 e. The van der Waals surface area contributed by atoms with Gasteiger partial charge in [-0.2, -0.15) is 9.49 Å². The second-order valence-corrected chi connectivity index (χ2v) is 12.3. The van der Waals surface area contributed by atoms with Crippen molar-refractivity contribution in [3.8, 4) is 11.1 Å². The molecule has 2 fully saturated rings. The number of H-pyrrole nitrogens is 1. The lowest BCUT2D eigenvalue weighted by molar-refractivity contribution is -0.121. The van der Waals surface area contributed by atoms with Gasteiger partial charge in [-0.25, -0.2) is 9.67 Å². The number of aromatic amines is 1. The number of carbonyl (C=O) groups is 2. The van der Waals surface area contributed by atoms with E-state index in [0.717, 1.165) is 57.1 Å². The Morgan fingerprint density at radius 2 is 1.64 bits per heavy atom. The molecule has 0 saturated heterocycles. The van der Waals surface area contributed by atoms with Gasteiger partial charge in [0.15, 0.2) is 0 Å². The minimum absolute atomic E-state index is 0.0294. The Hall–Kier alpha value is -3.63. The molecule has 0 bridgehead atoms. The second-order valence-electron chi connectivity index (χ2n) is 12.3. The van der Waals surface area contributed by atoms with Crippen molar-refractivity contribution in [2.24, 2.45) is 17.8 Å². The Morgan fingerprint density at radius 3 is 2.19 bits per heavy atom. The number of aromatic nitrogens is 6. The van der Waals surface area contributed by atoms with Gasteiger partial charge in [-0.05, 0) is 57.6 Å². The molecule has 0 aromatic carbocycles. The van der Waals surface area contributed by atoms with Gasteiger partial charge in [0.1, 0.15) is 17.6 Å². The van der Waals surface area contributed by atoms with E-state index in [-0.39, 0.29) is 29.6 Å². The summed E-state index contributed by atoms with van der Waals surface area (Å²) in [5.41, 5.74) is 2.70. The largest absolute Gasteiger partial charge is 0.339 e. The number of anilines is 1. The normalized spacial score (nSPS) is 17.5. The van der Waals surface area contributed by atoms with E-state index < -0.39 is 12.0 Å². The first-order valence-corrected chi connectivity index (χ1v) is 15.4. The van der Waals surface area contributed by atoms with Crippen molar-refractivity contribution >= 4 is 17.6 Å². The average Bonchev–Trinajstić information content (AvgIpc) is 3.61. The van der Waals surface area contributed by atoms with Crippen molar-refractivity contribution < 1.29 is 14.0 Å². The number of rotatable bonds is 9. The van der Waals surface area contributed by atoms with Crippen molar-refractivity contribution in [2.75, 3.05) is 5.32 Å². The van der Waals surface area contributed by atoms with Gasteiger partial charge in [-0.1, -0.05) is 69.4 Å². The Labute approximate surface area is 246 Å². The molecular weight excluding hydrogens is 535 g/mol. The number of nitrogens with one attached hydrogen (secondary N) is 3. The molecule has 0 spiro atoms. The first-order valence-electron chi connectivity index (χ1n) is 15.4. The molecule has 1 atom stereocenters. The molecule has 2 amide bonds. The number of carbonyl (C=O) groups excluding carboxylic acids is 2. The summed E-state index contributed by atoms with van der Waals surface area (Å²) < 4.78 is 16.9. The molecule has 11 heteroatoms. The zero-order valence-corrected chi connectivity index (χ0v) is 25.1. The number of hydrogen-bond acceptors (Lipinski definition) is 6. The van der Waals surface area contributed by atoms with E-state index in [1.165, 1.54) is 19.0 Å². The van der Waals surface area contributed by atoms with Crippen molar-refractivity contribution in [1.29, 1.82) is 0 Å². The fourth-order valence-corrected chi connectivity index (χ4v) is 7.15. The van der Waals surface area contributed by atoms with E-state index in [1.807, 2.05) is 20.8 Å². The molecule has 2 saturated carbocycles. The Morgan fingerprint density at radius 1 is 1.00 bits per heavy atom. The number of amides is 2. The van der Waals surface area contributed by atoms with Crippen LogP contribution in [0.1, 0.15) is 106 Å². The number of nitrogens with zero attached hydrogens (tertiary/aromatic N) is 5. The number of pyridine rings is 1. The lowest BCUT2D eigenvalue weighted by atomic mass is 9.66. The predicted molar refractivity (Wildman–Crippen MR) is 158 cm³/mol. The van der Waals surface area contributed by atoms with Crippen LogP contribution < -0.4 is 10.6 Å². The first kappa shape index (κ1) is 29.8. The third-order valence-corrected chi connectivity index (χ3v) is 9.14. The van der Waals surface area contributed by atoms with Crippen LogP contribution in [0, 0.1) is 37.5 Å². The highest BCUT2D eigenvalue weighted by atomic mass is 19.1. The zero-order chi connectivity index (χ0) is 29.8. The minimum Gasteiger partial charge on any atom is -0.339 e. The van der Waals surface area contributed by atoms with E-state index >= 15 is 4.39 Å². The van der Waals surface area contributed by atoms with Crippen LogP contribution in [-0.4, -0.2) is 48.0 Å². The van der Waals surface area contributed by atoms with E-state index in [9.17, 15) is 9.59 Å². The molecule has 226 valence electrons. The van der Waals surface area contributed by atoms with Crippen LogP contribution in [0.3, 0.4) is 0 Å². The van der Waals surface area contributed by atoms with Crippen LogP contribution in [0.2, 0.25) is 0 Å². The highest BCUT2D eigenvalue weighted by Crippen LogP contribution is 2.42. The second kappa shape index (κ2) is 13.1. The Balaban J connectivity index is 1.46. The zero-order valence-electron chi connectivity index (χ0n) is 25.1. The molecule has 3 aromatic heterocycles. The van der Waals surface area contributed by atoms with Gasteiger partial charge in [-0.15, -0.1) is 5.10 Å². The van der Waals surface area contributed by atoms with Crippen LogP contribution in [0.4, 0.5) is 10.2 Å².